The zero-order valence-corrected chi connectivity index (χ0v) is 8.46. The van der Waals surface area contributed by atoms with Gasteiger partial charge in [-0.2, -0.15) is 0 Å². The molecule has 1 aliphatic rings. The molecule has 1 aromatic heterocycles. The summed E-state index contributed by atoms with van der Waals surface area (Å²) < 4.78 is 25.3. The molecule has 2 rings (SSSR count). The molecular formula is C7H6BrF2NS. The number of nitrogens with zero attached hydrogens (tertiary/aromatic N) is 1. The molecule has 1 aliphatic carbocycles. The van der Waals surface area contributed by atoms with Crippen molar-refractivity contribution < 1.29 is 8.78 Å². The van der Waals surface area contributed by atoms with Crippen LogP contribution in [-0.4, -0.2) is 4.98 Å². The van der Waals surface area contributed by atoms with Crippen LogP contribution < -0.4 is 0 Å². The molecule has 0 bridgehead atoms. The zero-order chi connectivity index (χ0) is 8.72. The summed E-state index contributed by atoms with van der Waals surface area (Å²) in [5, 5.41) is 0. The fourth-order valence-electron chi connectivity index (χ4n) is 1.11. The number of rotatable bonds is 2. The van der Waals surface area contributed by atoms with Gasteiger partial charge in [0.25, 0.3) is 6.43 Å². The monoisotopic (exact) mass is 253 g/mol. The van der Waals surface area contributed by atoms with Crippen molar-refractivity contribution in [3.05, 3.63) is 14.5 Å². The minimum atomic E-state index is -2.43. The topological polar surface area (TPSA) is 12.9 Å². The molecule has 0 aliphatic heterocycles. The van der Waals surface area contributed by atoms with E-state index < -0.39 is 6.43 Å². The Morgan fingerprint density at radius 1 is 1.50 bits per heavy atom. The summed E-state index contributed by atoms with van der Waals surface area (Å²) in [6, 6.07) is 0. The van der Waals surface area contributed by atoms with Gasteiger partial charge in [-0.1, -0.05) is 0 Å². The molecule has 0 spiro atoms. The van der Waals surface area contributed by atoms with Crippen molar-refractivity contribution in [3.8, 4) is 0 Å². The van der Waals surface area contributed by atoms with Crippen LogP contribution in [-0.2, 0) is 0 Å². The molecule has 0 radical (unpaired) electrons. The van der Waals surface area contributed by atoms with E-state index in [-0.39, 0.29) is 5.69 Å². The lowest BCUT2D eigenvalue weighted by Crippen LogP contribution is -1.88. The lowest BCUT2D eigenvalue weighted by Gasteiger charge is -1.96. The van der Waals surface area contributed by atoms with Gasteiger partial charge >= 0.3 is 0 Å². The molecular weight excluding hydrogens is 248 g/mol. The molecule has 1 nitrogen and oxygen atoms in total. The van der Waals surface area contributed by atoms with Crippen LogP contribution in [0, 0.1) is 0 Å². The third-order valence-corrected chi connectivity index (χ3v) is 3.49. The van der Waals surface area contributed by atoms with Crippen LogP contribution in [0.25, 0.3) is 0 Å². The van der Waals surface area contributed by atoms with Gasteiger partial charge in [-0.05, 0) is 34.7 Å². The molecule has 0 unspecified atom stereocenters. The summed E-state index contributed by atoms with van der Waals surface area (Å²) in [5.74, 6) is 0.359. The van der Waals surface area contributed by atoms with Gasteiger partial charge in [-0.25, -0.2) is 13.8 Å². The Bertz CT molecular complexity index is 276. The van der Waals surface area contributed by atoms with Crippen LogP contribution in [0.15, 0.2) is 3.92 Å². The zero-order valence-electron chi connectivity index (χ0n) is 6.06. The minimum absolute atomic E-state index is 0.0191. The summed E-state index contributed by atoms with van der Waals surface area (Å²) in [7, 11) is 0. The van der Waals surface area contributed by atoms with Crippen molar-refractivity contribution in [2.45, 2.75) is 25.2 Å². The highest BCUT2D eigenvalue weighted by Crippen LogP contribution is 2.47. The average molecular weight is 254 g/mol. The summed E-state index contributed by atoms with van der Waals surface area (Å²) in [4.78, 5) is 4.53. The Labute approximate surface area is 80.9 Å². The maximum absolute atomic E-state index is 12.4. The number of aromatic nitrogens is 1. The Kier molecular flexibility index (Phi) is 2.16. The van der Waals surface area contributed by atoms with Crippen LogP contribution in [0.3, 0.4) is 0 Å². The van der Waals surface area contributed by atoms with E-state index in [4.69, 9.17) is 0 Å². The van der Waals surface area contributed by atoms with Crippen molar-refractivity contribution in [2.24, 2.45) is 0 Å². The second-order valence-electron chi connectivity index (χ2n) is 2.79. The van der Waals surface area contributed by atoms with Crippen LogP contribution in [0.1, 0.15) is 35.8 Å². The average Bonchev–Trinajstić information content (AvgIpc) is 2.75. The largest absolute Gasteiger partial charge is 0.281 e. The Morgan fingerprint density at radius 2 is 2.17 bits per heavy atom. The molecule has 1 heterocycles. The third kappa shape index (κ3) is 1.52. The first kappa shape index (κ1) is 8.56. The molecule has 66 valence electrons. The number of hydrogen-bond acceptors (Lipinski definition) is 2. The second kappa shape index (κ2) is 3.03. The van der Waals surface area contributed by atoms with Crippen molar-refractivity contribution in [3.63, 3.8) is 0 Å². The van der Waals surface area contributed by atoms with E-state index in [1.807, 2.05) is 0 Å². The van der Waals surface area contributed by atoms with E-state index >= 15 is 0 Å². The van der Waals surface area contributed by atoms with Gasteiger partial charge in [0.2, 0.25) is 0 Å². The van der Waals surface area contributed by atoms with Crippen molar-refractivity contribution in [1.29, 1.82) is 0 Å². The SMILES string of the molecule is FC(F)c1nc(Br)sc1C1CC1. The molecule has 0 amide bonds. The molecule has 0 atom stereocenters. The molecule has 1 saturated carbocycles. The first-order valence-electron chi connectivity index (χ1n) is 3.62. The summed E-state index contributed by atoms with van der Waals surface area (Å²) in [6.45, 7) is 0. The van der Waals surface area contributed by atoms with Gasteiger partial charge < -0.3 is 0 Å². The van der Waals surface area contributed by atoms with Crippen LogP contribution in [0.2, 0.25) is 0 Å². The molecule has 1 aromatic rings. The number of thiazole rings is 1. The van der Waals surface area contributed by atoms with Gasteiger partial charge in [-0.3, -0.25) is 0 Å². The minimum Gasteiger partial charge on any atom is -0.228 e. The van der Waals surface area contributed by atoms with Gasteiger partial charge in [0.15, 0.2) is 3.92 Å². The van der Waals surface area contributed by atoms with Crippen LogP contribution in [0.5, 0.6) is 0 Å². The summed E-state index contributed by atoms with van der Waals surface area (Å²) in [6.07, 6.45) is -0.356. The standard InChI is InChI=1S/C7H6BrF2NS/c8-7-11-4(6(9)10)5(12-7)3-1-2-3/h3,6H,1-2H2. The van der Waals surface area contributed by atoms with E-state index in [1.165, 1.54) is 11.3 Å². The maximum atomic E-state index is 12.4. The molecule has 12 heavy (non-hydrogen) atoms. The van der Waals surface area contributed by atoms with E-state index in [1.54, 1.807) is 0 Å². The predicted molar refractivity (Wildman–Crippen MR) is 46.7 cm³/mol. The van der Waals surface area contributed by atoms with Crippen molar-refractivity contribution >= 4 is 27.3 Å². The Morgan fingerprint density at radius 3 is 2.67 bits per heavy atom. The normalized spacial score (nSPS) is 17.3. The highest BCUT2D eigenvalue weighted by molar-refractivity contribution is 9.11. The Hall–Kier alpha value is -0.0300. The molecule has 0 aromatic carbocycles. The third-order valence-electron chi connectivity index (χ3n) is 1.81. The predicted octanol–water partition coefficient (Wildman–Crippen LogP) is 3.72. The quantitative estimate of drug-likeness (QED) is 0.783. The number of hydrogen-bond donors (Lipinski definition) is 0. The number of alkyl halides is 2. The van der Waals surface area contributed by atoms with Crippen molar-refractivity contribution in [2.75, 3.05) is 0 Å². The fourth-order valence-corrected chi connectivity index (χ4v) is 2.79. The number of halogens is 3. The first-order chi connectivity index (χ1) is 5.68. The lowest BCUT2D eigenvalue weighted by atomic mass is 10.3. The highest BCUT2D eigenvalue weighted by Gasteiger charge is 2.31. The first-order valence-corrected chi connectivity index (χ1v) is 5.23. The van der Waals surface area contributed by atoms with Crippen LogP contribution >= 0.6 is 27.3 Å². The molecule has 5 heteroatoms. The van der Waals surface area contributed by atoms with Gasteiger partial charge in [-0.15, -0.1) is 11.3 Å². The van der Waals surface area contributed by atoms with Gasteiger partial charge in [0, 0.05) is 4.88 Å². The van der Waals surface area contributed by atoms with E-state index in [9.17, 15) is 8.78 Å². The van der Waals surface area contributed by atoms with Gasteiger partial charge in [0.1, 0.15) is 5.69 Å². The van der Waals surface area contributed by atoms with E-state index in [0.29, 0.717) is 9.83 Å². The smallest absolute Gasteiger partial charge is 0.228 e. The molecule has 0 N–H and O–H groups in total. The molecule has 1 fully saturated rings. The highest BCUT2D eigenvalue weighted by atomic mass is 79.9. The summed E-state index contributed by atoms with van der Waals surface area (Å²) >= 11 is 4.46. The second-order valence-corrected chi connectivity index (χ2v) is 5.10. The fraction of sp³-hybridized carbons (Fsp3) is 0.571. The van der Waals surface area contributed by atoms with Crippen LogP contribution in [0.4, 0.5) is 8.78 Å². The van der Waals surface area contributed by atoms with Crippen molar-refractivity contribution in [1.82, 2.24) is 4.98 Å². The van der Waals surface area contributed by atoms with E-state index in [2.05, 4.69) is 20.9 Å². The maximum Gasteiger partial charge on any atom is 0.281 e. The lowest BCUT2D eigenvalue weighted by molar-refractivity contribution is 0.145. The summed E-state index contributed by atoms with van der Waals surface area (Å²) in [5.41, 5.74) is -0.0191. The Balaban J connectivity index is 2.36. The van der Waals surface area contributed by atoms with E-state index in [0.717, 1.165) is 17.7 Å². The molecule has 0 saturated heterocycles. The van der Waals surface area contributed by atoms with Gasteiger partial charge in [0.05, 0.1) is 0 Å².